The fraction of sp³-hybridized carbons (Fsp3) is 0.920. The van der Waals surface area contributed by atoms with Crippen molar-refractivity contribution in [1.82, 2.24) is 0 Å². The summed E-state index contributed by atoms with van der Waals surface area (Å²) in [6.45, 7) is 12.8. The van der Waals surface area contributed by atoms with Gasteiger partial charge in [0.05, 0.1) is 0 Å². The molecule has 3 saturated carbocycles. The summed E-state index contributed by atoms with van der Waals surface area (Å²) in [6.07, 6.45) is 17.4. The van der Waals surface area contributed by atoms with Gasteiger partial charge in [-0.3, -0.25) is 0 Å². The van der Waals surface area contributed by atoms with Gasteiger partial charge in [0, 0.05) is 0 Å². The predicted molar refractivity (Wildman–Crippen MR) is 108 cm³/mol. The minimum Gasteiger partial charge on any atom is -0.0845 e. The molecule has 3 fully saturated rings. The van der Waals surface area contributed by atoms with Gasteiger partial charge in [-0.15, -0.1) is 0 Å². The normalized spacial score (nSPS) is 50.4. The SMILES string of the molecule is CCCC(C)C1CCC2C3CC=C4CC(C)CCC4(C)C3CCC12C. The number of rotatable bonds is 3. The minimum absolute atomic E-state index is 0.559. The highest BCUT2D eigenvalue weighted by Gasteiger charge is 2.58. The predicted octanol–water partition coefficient (Wildman–Crippen LogP) is 7.64. The third kappa shape index (κ3) is 2.68. The van der Waals surface area contributed by atoms with Crippen LogP contribution in [0.5, 0.6) is 0 Å². The largest absolute Gasteiger partial charge is 0.0845 e. The minimum atomic E-state index is 0.559. The second-order valence-electron chi connectivity index (χ2n) is 11.1. The summed E-state index contributed by atoms with van der Waals surface area (Å²) in [4.78, 5) is 0. The Balaban J connectivity index is 1.60. The lowest BCUT2D eigenvalue weighted by molar-refractivity contribution is -0.0521. The molecule has 0 heterocycles. The highest BCUT2D eigenvalue weighted by atomic mass is 14.6. The first-order valence-electron chi connectivity index (χ1n) is 11.6. The molecule has 0 aromatic rings. The molecule has 4 rings (SSSR count). The average molecular weight is 343 g/mol. The molecule has 4 aliphatic rings. The number of hydrogen-bond donors (Lipinski definition) is 0. The Hall–Kier alpha value is -0.260. The molecule has 0 N–H and O–H groups in total. The van der Waals surface area contributed by atoms with Gasteiger partial charge in [0.15, 0.2) is 0 Å². The summed E-state index contributed by atoms with van der Waals surface area (Å²) < 4.78 is 0. The molecule has 4 aliphatic carbocycles. The van der Waals surface area contributed by atoms with Crippen LogP contribution < -0.4 is 0 Å². The van der Waals surface area contributed by atoms with Gasteiger partial charge in [-0.25, -0.2) is 0 Å². The molecule has 25 heavy (non-hydrogen) atoms. The molecule has 0 aliphatic heterocycles. The molecular formula is C25H42. The van der Waals surface area contributed by atoms with E-state index in [1.54, 1.807) is 0 Å². The van der Waals surface area contributed by atoms with Crippen molar-refractivity contribution in [2.24, 2.45) is 46.3 Å². The molecule has 142 valence electrons. The maximum atomic E-state index is 2.74. The van der Waals surface area contributed by atoms with Crippen LogP contribution in [0, 0.1) is 46.3 Å². The van der Waals surface area contributed by atoms with Crippen molar-refractivity contribution in [1.29, 1.82) is 0 Å². The van der Waals surface area contributed by atoms with E-state index in [0.29, 0.717) is 10.8 Å². The van der Waals surface area contributed by atoms with E-state index in [0.717, 1.165) is 35.5 Å². The zero-order valence-electron chi connectivity index (χ0n) is 17.6. The molecule has 0 saturated heterocycles. The molecule has 8 unspecified atom stereocenters. The number of fused-ring (bicyclic) bond motifs is 5. The van der Waals surface area contributed by atoms with Gasteiger partial charge < -0.3 is 0 Å². The molecule has 0 radical (unpaired) electrons. The molecule has 0 heteroatoms. The maximum absolute atomic E-state index is 2.74. The highest BCUT2D eigenvalue weighted by molar-refractivity contribution is 5.25. The van der Waals surface area contributed by atoms with Crippen LogP contribution >= 0.6 is 0 Å². The first kappa shape index (κ1) is 18.1. The van der Waals surface area contributed by atoms with Crippen molar-refractivity contribution in [2.45, 2.75) is 98.8 Å². The van der Waals surface area contributed by atoms with Gasteiger partial charge in [-0.05, 0) is 97.7 Å². The highest BCUT2D eigenvalue weighted by Crippen LogP contribution is 2.67. The van der Waals surface area contributed by atoms with Crippen LogP contribution in [0.2, 0.25) is 0 Å². The maximum Gasteiger partial charge on any atom is -0.00851 e. The van der Waals surface area contributed by atoms with Crippen molar-refractivity contribution in [3.8, 4) is 0 Å². The molecule has 0 spiro atoms. The van der Waals surface area contributed by atoms with E-state index >= 15 is 0 Å². The molecule has 0 bridgehead atoms. The number of allylic oxidation sites excluding steroid dienone is 2. The summed E-state index contributed by atoms with van der Waals surface area (Å²) in [7, 11) is 0. The smallest absolute Gasteiger partial charge is 0.00851 e. The van der Waals surface area contributed by atoms with Crippen LogP contribution in [-0.2, 0) is 0 Å². The second-order valence-corrected chi connectivity index (χ2v) is 11.1. The topological polar surface area (TPSA) is 0 Å². The first-order chi connectivity index (χ1) is 11.9. The van der Waals surface area contributed by atoms with Gasteiger partial charge in [0.2, 0.25) is 0 Å². The third-order valence-electron chi connectivity index (χ3n) is 9.85. The molecule has 0 aromatic carbocycles. The fourth-order valence-corrected chi connectivity index (χ4v) is 8.47. The monoisotopic (exact) mass is 342 g/mol. The Morgan fingerprint density at radius 1 is 1.08 bits per heavy atom. The van der Waals surface area contributed by atoms with Crippen LogP contribution in [0.1, 0.15) is 98.8 Å². The Bertz CT molecular complexity index is 530. The van der Waals surface area contributed by atoms with Crippen LogP contribution in [0.4, 0.5) is 0 Å². The van der Waals surface area contributed by atoms with E-state index < -0.39 is 0 Å². The molecular weight excluding hydrogens is 300 g/mol. The standard InChI is InChI=1S/C25H42/c1-6-7-18(3)21-10-11-22-20-9-8-19-16-17(2)12-14-24(19,4)23(20)13-15-25(21,22)5/h8,17-18,20-23H,6-7,9-16H2,1-5H3. The summed E-state index contributed by atoms with van der Waals surface area (Å²) in [5, 5.41) is 0. The Labute approximate surface area is 157 Å². The Kier molecular flexibility index (Phi) is 4.65. The average Bonchev–Trinajstić information content (AvgIpc) is 2.93. The third-order valence-corrected chi connectivity index (χ3v) is 9.85. The summed E-state index contributed by atoms with van der Waals surface area (Å²) in [6, 6.07) is 0. The van der Waals surface area contributed by atoms with Crippen molar-refractivity contribution in [3.63, 3.8) is 0 Å². The zero-order valence-corrected chi connectivity index (χ0v) is 17.6. The Morgan fingerprint density at radius 3 is 2.64 bits per heavy atom. The van der Waals surface area contributed by atoms with E-state index in [-0.39, 0.29) is 0 Å². The van der Waals surface area contributed by atoms with Gasteiger partial charge in [-0.2, -0.15) is 0 Å². The molecule has 8 atom stereocenters. The fourth-order valence-electron chi connectivity index (χ4n) is 8.47. The van der Waals surface area contributed by atoms with Gasteiger partial charge in [0.25, 0.3) is 0 Å². The van der Waals surface area contributed by atoms with E-state index in [1.807, 2.05) is 5.57 Å². The Morgan fingerprint density at radius 2 is 1.88 bits per heavy atom. The molecule has 0 amide bonds. The van der Waals surface area contributed by atoms with E-state index in [1.165, 1.54) is 64.2 Å². The van der Waals surface area contributed by atoms with E-state index in [4.69, 9.17) is 0 Å². The lowest BCUT2D eigenvalue weighted by Gasteiger charge is -2.58. The quantitative estimate of drug-likeness (QED) is 0.462. The summed E-state index contributed by atoms with van der Waals surface area (Å²) in [5.74, 6) is 5.89. The lowest BCUT2D eigenvalue weighted by Crippen LogP contribution is -2.50. The van der Waals surface area contributed by atoms with Crippen LogP contribution in [0.15, 0.2) is 11.6 Å². The van der Waals surface area contributed by atoms with Crippen molar-refractivity contribution >= 4 is 0 Å². The summed E-state index contributed by atoms with van der Waals surface area (Å²) in [5.41, 5.74) is 3.08. The van der Waals surface area contributed by atoms with Crippen LogP contribution in [0.3, 0.4) is 0 Å². The van der Waals surface area contributed by atoms with Crippen LogP contribution in [0.25, 0.3) is 0 Å². The zero-order chi connectivity index (χ0) is 17.8. The van der Waals surface area contributed by atoms with Gasteiger partial charge in [0.1, 0.15) is 0 Å². The number of hydrogen-bond acceptors (Lipinski definition) is 0. The van der Waals surface area contributed by atoms with Crippen molar-refractivity contribution < 1.29 is 0 Å². The summed E-state index contributed by atoms with van der Waals surface area (Å²) >= 11 is 0. The van der Waals surface area contributed by atoms with Gasteiger partial charge in [-0.1, -0.05) is 59.1 Å². The molecule has 0 nitrogen and oxygen atoms in total. The van der Waals surface area contributed by atoms with Crippen molar-refractivity contribution in [3.05, 3.63) is 11.6 Å². The second kappa shape index (κ2) is 6.42. The molecule has 0 aromatic heterocycles. The van der Waals surface area contributed by atoms with E-state index in [2.05, 4.69) is 40.7 Å². The lowest BCUT2D eigenvalue weighted by atomic mass is 9.46. The van der Waals surface area contributed by atoms with Crippen LogP contribution in [-0.4, -0.2) is 0 Å². The van der Waals surface area contributed by atoms with Crippen molar-refractivity contribution in [2.75, 3.05) is 0 Å². The first-order valence-corrected chi connectivity index (χ1v) is 11.6. The van der Waals surface area contributed by atoms with E-state index in [9.17, 15) is 0 Å². The van der Waals surface area contributed by atoms with Gasteiger partial charge >= 0.3 is 0 Å².